The van der Waals surface area contributed by atoms with Crippen molar-refractivity contribution in [1.29, 1.82) is 0 Å². The Morgan fingerprint density at radius 1 is 1.02 bits per heavy atom. The minimum Gasteiger partial charge on any atom is -0.478 e. The number of carbonyl (C=O) groups excluding carboxylic acids is 4. The summed E-state index contributed by atoms with van der Waals surface area (Å²) in [6.45, 7) is 9.35. The standard InChI is InChI=1S/C45H52ClFN10O6/c1-25(2)57-36-6-4-30(16-28(36)17-38(44(57)62)63-24-39(48)58)50-41-34(46)18-49-45(52-41)54-12-9-26(10-13-54)19-53-21-31(22-53)55-14-11-32(35(47)23-55)27-3-5-33-29(15-27)20-56(43(33)61)37-7-8-40(59)51-42(37)60/h3-6,15-18,25-26,31-32,35,37H,7-14,19-24H2,1-2H3,(H2,48,58)(H,49,50,52)(H,51,59,60). The van der Waals surface area contributed by atoms with Crippen LogP contribution in [0.5, 0.6) is 5.75 Å². The van der Waals surface area contributed by atoms with E-state index in [1.807, 2.05) is 44.2 Å². The molecule has 2 aromatic heterocycles. The van der Waals surface area contributed by atoms with Crippen molar-refractivity contribution in [3.63, 3.8) is 0 Å². The number of nitrogens with zero attached hydrogens (tertiary/aromatic N) is 7. The van der Waals surface area contributed by atoms with Crippen LogP contribution in [0.3, 0.4) is 0 Å². The van der Waals surface area contributed by atoms with Crippen molar-refractivity contribution in [1.82, 2.24) is 34.6 Å². The second-order valence-corrected chi connectivity index (χ2v) is 18.2. The van der Waals surface area contributed by atoms with Gasteiger partial charge in [0.15, 0.2) is 18.2 Å². The first-order valence-electron chi connectivity index (χ1n) is 21.8. The molecule has 5 aliphatic heterocycles. The number of hydrogen-bond donors (Lipinski definition) is 3. The van der Waals surface area contributed by atoms with E-state index in [1.165, 1.54) is 4.90 Å². The number of imide groups is 1. The molecule has 3 atom stereocenters. The van der Waals surface area contributed by atoms with Gasteiger partial charge in [0.05, 0.1) is 11.7 Å². The Hall–Kier alpha value is -5.65. The van der Waals surface area contributed by atoms with Gasteiger partial charge in [-0.25, -0.2) is 9.37 Å². The van der Waals surface area contributed by atoms with Crippen LogP contribution in [0.15, 0.2) is 53.5 Å². The molecule has 4 aromatic rings. The summed E-state index contributed by atoms with van der Waals surface area (Å²) in [5.41, 5.74) is 8.58. The molecule has 7 heterocycles. The lowest BCUT2D eigenvalue weighted by Gasteiger charge is -2.49. The van der Waals surface area contributed by atoms with Crippen LogP contribution in [0.25, 0.3) is 10.9 Å². The quantitative estimate of drug-likeness (QED) is 0.173. The molecule has 0 radical (unpaired) electrons. The Labute approximate surface area is 368 Å². The van der Waals surface area contributed by atoms with Crippen molar-refractivity contribution >= 4 is 63.6 Å². The Kier molecular flexibility index (Phi) is 11.8. The van der Waals surface area contributed by atoms with Crippen LogP contribution >= 0.6 is 11.6 Å². The summed E-state index contributed by atoms with van der Waals surface area (Å²) in [6.07, 6.45) is 3.78. The fourth-order valence-electron chi connectivity index (χ4n) is 9.96. The number of nitrogens with two attached hydrogens (primary N) is 1. The van der Waals surface area contributed by atoms with Crippen LogP contribution in [-0.4, -0.2) is 124 Å². The number of primary amides is 1. The van der Waals surface area contributed by atoms with Crippen molar-refractivity contribution in [2.75, 3.05) is 62.6 Å². The predicted molar refractivity (Wildman–Crippen MR) is 235 cm³/mol. The van der Waals surface area contributed by atoms with E-state index in [9.17, 15) is 24.0 Å². The molecule has 2 aromatic carbocycles. The summed E-state index contributed by atoms with van der Waals surface area (Å²) in [5, 5.41) is 6.74. The normalized spacial score (nSPS) is 22.7. The van der Waals surface area contributed by atoms with Gasteiger partial charge in [-0.3, -0.25) is 39.1 Å². The molecule has 16 nitrogen and oxygen atoms in total. The second-order valence-electron chi connectivity index (χ2n) is 17.8. The van der Waals surface area contributed by atoms with Gasteiger partial charge in [-0.2, -0.15) is 4.98 Å². The first-order chi connectivity index (χ1) is 30.3. The van der Waals surface area contributed by atoms with E-state index in [2.05, 4.69) is 30.3 Å². The third-order valence-corrected chi connectivity index (χ3v) is 13.6. The lowest BCUT2D eigenvalue weighted by molar-refractivity contribution is -0.137. The van der Waals surface area contributed by atoms with Crippen LogP contribution in [0.1, 0.15) is 79.4 Å². The van der Waals surface area contributed by atoms with Gasteiger partial charge in [0.2, 0.25) is 17.8 Å². The van der Waals surface area contributed by atoms with Crippen molar-refractivity contribution in [3.8, 4) is 5.75 Å². The van der Waals surface area contributed by atoms with Gasteiger partial charge < -0.3 is 30.2 Å². The number of nitrogens with one attached hydrogen (secondary N) is 2. The number of benzene rings is 2. The molecular weight excluding hydrogens is 831 g/mol. The maximum atomic E-state index is 15.9. The molecule has 0 aliphatic carbocycles. The third-order valence-electron chi connectivity index (χ3n) is 13.3. The summed E-state index contributed by atoms with van der Waals surface area (Å²) >= 11 is 6.58. The van der Waals surface area contributed by atoms with Crippen LogP contribution in [-0.2, 0) is 20.9 Å². The van der Waals surface area contributed by atoms with Gasteiger partial charge >= 0.3 is 0 Å². The SMILES string of the molecule is CC(C)n1c(=O)c(OCC(N)=O)cc2cc(Nc3nc(N4CCC(CN5CC(N6CCC(c7ccc8c(c7)CN(C7CCC(=O)NC7=O)C8=O)C(F)C6)C5)CC4)ncc3Cl)ccc21. The lowest BCUT2D eigenvalue weighted by Crippen LogP contribution is -2.62. The zero-order chi connectivity index (χ0) is 44.1. The molecule has 0 spiro atoms. The zero-order valence-electron chi connectivity index (χ0n) is 35.4. The average Bonchev–Trinajstić information content (AvgIpc) is 3.56. The first-order valence-corrected chi connectivity index (χ1v) is 22.2. The molecule has 4 N–H and O–H groups in total. The topological polar surface area (TPSA) is 188 Å². The summed E-state index contributed by atoms with van der Waals surface area (Å²) < 4.78 is 23.0. The number of halogens is 2. The smallest absolute Gasteiger partial charge is 0.293 e. The zero-order valence-corrected chi connectivity index (χ0v) is 36.2. The lowest BCUT2D eigenvalue weighted by atomic mass is 9.85. The molecule has 332 valence electrons. The second kappa shape index (κ2) is 17.5. The third kappa shape index (κ3) is 8.70. The number of carbonyl (C=O) groups is 4. The summed E-state index contributed by atoms with van der Waals surface area (Å²) in [5.74, 6) is -0.282. The molecule has 63 heavy (non-hydrogen) atoms. The summed E-state index contributed by atoms with van der Waals surface area (Å²) in [4.78, 5) is 79.6. The van der Waals surface area contributed by atoms with Crippen LogP contribution in [0.4, 0.5) is 21.8 Å². The number of rotatable bonds is 12. The maximum Gasteiger partial charge on any atom is 0.293 e. The van der Waals surface area contributed by atoms with Crippen LogP contribution in [0.2, 0.25) is 5.02 Å². The summed E-state index contributed by atoms with van der Waals surface area (Å²) in [6, 6.07) is 12.3. The van der Waals surface area contributed by atoms with Crippen LogP contribution < -0.4 is 31.6 Å². The number of alkyl halides is 1. The van der Waals surface area contributed by atoms with E-state index in [4.69, 9.17) is 27.1 Å². The monoisotopic (exact) mass is 882 g/mol. The molecule has 18 heteroatoms. The van der Waals surface area contributed by atoms with Gasteiger partial charge in [-0.05, 0) is 93.5 Å². The first kappa shape index (κ1) is 42.6. The average molecular weight is 883 g/mol. The number of pyridine rings is 1. The molecule has 5 aliphatic rings. The number of amides is 4. The number of hydrogen-bond acceptors (Lipinski definition) is 12. The minimum absolute atomic E-state index is 0.0380. The number of piperidine rings is 3. The molecule has 4 fully saturated rings. The van der Waals surface area contributed by atoms with Crippen molar-refractivity contribution in [2.24, 2.45) is 11.7 Å². The van der Waals surface area contributed by atoms with Gasteiger partial charge in [0.1, 0.15) is 17.2 Å². The van der Waals surface area contributed by atoms with Crippen molar-refractivity contribution in [2.45, 2.75) is 82.7 Å². The highest BCUT2D eigenvalue weighted by Gasteiger charge is 2.42. The highest BCUT2D eigenvalue weighted by Crippen LogP contribution is 2.37. The van der Waals surface area contributed by atoms with Gasteiger partial charge in [-0.1, -0.05) is 23.7 Å². The van der Waals surface area contributed by atoms with E-state index in [0.29, 0.717) is 64.9 Å². The Morgan fingerprint density at radius 2 is 1.81 bits per heavy atom. The van der Waals surface area contributed by atoms with Gasteiger partial charge in [-0.15, -0.1) is 0 Å². The van der Waals surface area contributed by atoms with Crippen molar-refractivity contribution < 1.29 is 28.3 Å². The molecule has 9 rings (SSSR count). The Bertz CT molecular complexity index is 2520. The number of anilines is 3. The number of aromatic nitrogens is 3. The predicted octanol–water partition coefficient (Wildman–Crippen LogP) is 4.12. The van der Waals surface area contributed by atoms with Gasteiger partial charge in [0.25, 0.3) is 17.4 Å². The molecule has 4 amide bonds. The molecule has 4 saturated heterocycles. The number of ether oxygens (including phenoxy) is 1. The largest absolute Gasteiger partial charge is 0.478 e. The fraction of sp³-hybridized carbons (Fsp3) is 0.489. The number of likely N-dealkylation sites (tertiary alicyclic amines) is 2. The van der Waals surface area contributed by atoms with E-state index in [-0.39, 0.29) is 48.0 Å². The molecule has 3 unspecified atom stereocenters. The number of fused-ring (bicyclic) bond motifs is 2. The van der Waals surface area contributed by atoms with E-state index >= 15 is 4.39 Å². The van der Waals surface area contributed by atoms with Gasteiger partial charge in [0, 0.05) is 86.9 Å². The summed E-state index contributed by atoms with van der Waals surface area (Å²) in [7, 11) is 0. The molecule has 0 saturated carbocycles. The Morgan fingerprint density at radius 3 is 2.54 bits per heavy atom. The fourth-order valence-corrected chi connectivity index (χ4v) is 10.1. The molecule has 0 bridgehead atoms. The maximum absolute atomic E-state index is 15.9. The highest BCUT2D eigenvalue weighted by molar-refractivity contribution is 6.33. The van der Waals surface area contributed by atoms with E-state index in [1.54, 1.807) is 22.9 Å². The molecular formula is C45H52ClFN10O6. The Balaban J connectivity index is 0.749. The van der Waals surface area contributed by atoms with Crippen LogP contribution in [0, 0.1) is 5.92 Å². The van der Waals surface area contributed by atoms with E-state index in [0.717, 1.165) is 68.6 Å². The van der Waals surface area contributed by atoms with E-state index < -0.39 is 30.6 Å². The van der Waals surface area contributed by atoms with Crippen molar-refractivity contribution in [3.05, 3.63) is 80.7 Å². The minimum atomic E-state index is -1.02. The highest BCUT2D eigenvalue weighted by atomic mass is 35.5.